The molecule has 6 nitrogen and oxygen atoms in total. The Morgan fingerprint density at radius 2 is 1.92 bits per heavy atom. The predicted octanol–water partition coefficient (Wildman–Crippen LogP) is 2.40. The van der Waals surface area contributed by atoms with Gasteiger partial charge in [0.25, 0.3) is 0 Å². The number of aromatic nitrogens is 2. The molecular formula is C20H30N4O2. The molecule has 3 aliphatic rings. The van der Waals surface area contributed by atoms with Gasteiger partial charge in [0, 0.05) is 57.0 Å². The van der Waals surface area contributed by atoms with Crippen LogP contribution in [0.3, 0.4) is 0 Å². The second kappa shape index (κ2) is 7.41. The van der Waals surface area contributed by atoms with Crippen molar-refractivity contribution in [2.24, 2.45) is 5.92 Å². The van der Waals surface area contributed by atoms with E-state index < -0.39 is 0 Å². The van der Waals surface area contributed by atoms with Crippen molar-refractivity contribution in [2.45, 2.75) is 70.4 Å². The van der Waals surface area contributed by atoms with E-state index in [1.165, 1.54) is 12.8 Å². The Balaban J connectivity index is 1.33. The van der Waals surface area contributed by atoms with Gasteiger partial charge in [0.05, 0.1) is 5.92 Å². The molecule has 6 heteroatoms. The van der Waals surface area contributed by atoms with E-state index >= 15 is 0 Å². The van der Waals surface area contributed by atoms with Crippen molar-refractivity contribution >= 4 is 11.8 Å². The number of amides is 2. The van der Waals surface area contributed by atoms with Crippen LogP contribution in [0, 0.1) is 5.92 Å². The summed E-state index contributed by atoms with van der Waals surface area (Å²) in [6, 6.07) is 0.388. The van der Waals surface area contributed by atoms with E-state index in [1.807, 2.05) is 22.2 Å². The first-order valence-corrected chi connectivity index (χ1v) is 10.3. The third kappa shape index (κ3) is 3.26. The van der Waals surface area contributed by atoms with Crippen LogP contribution in [0.25, 0.3) is 0 Å². The van der Waals surface area contributed by atoms with E-state index in [1.54, 1.807) is 0 Å². The minimum Gasteiger partial charge on any atom is -0.342 e. The zero-order chi connectivity index (χ0) is 18.1. The van der Waals surface area contributed by atoms with Crippen LogP contribution in [0.1, 0.15) is 63.6 Å². The third-order valence-electron chi connectivity index (χ3n) is 6.53. The molecule has 0 N–H and O–H groups in total. The maximum Gasteiger partial charge on any atom is 0.227 e. The van der Waals surface area contributed by atoms with E-state index in [0.29, 0.717) is 24.9 Å². The molecule has 1 unspecified atom stereocenters. The van der Waals surface area contributed by atoms with E-state index in [0.717, 1.165) is 51.1 Å². The first-order chi connectivity index (χ1) is 12.7. The lowest BCUT2D eigenvalue weighted by atomic mass is 9.94. The molecule has 4 rings (SSSR count). The molecule has 3 heterocycles. The van der Waals surface area contributed by atoms with Gasteiger partial charge in [-0.3, -0.25) is 9.59 Å². The van der Waals surface area contributed by atoms with Crippen LogP contribution in [0.15, 0.2) is 12.4 Å². The Labute approximate surface area is 155 Å². The van der Waals surface area contributed by atoms with Crippen molar-refractivity contribution in [3.05, 3.63) is 18.2 Å². The maximum atomic E-state index is 12.9. The van der Waals surface area contributed by atoms with Gasteiger partial charge >= 0.3 is 0 Å². The summed E-state index contributed by atoms with van der Waals surface area (Å²) in [5, 5.41) is 0. The number of hydrogen-bond donors (Lipinski definition) is 0. The number of aryl methyl sites for hydroxylation is 1. The number of carbonyl (C=O) groups is 2. The van der Waals surface area contributed by atoms with Gasteiger partial charge in [0.2, 0.25) is 11.8 Å². The Hall–Kier alpha value is -1.85. The lowest BCUT2D eigenvalue weighted by Crippen LogP contribution is -2.43. The van der Waals surface area contributed by atoms with Crippen molar-refractivity contribution in [3.8, 4) is 0 Å². The van der Waals surface area contributed by atoms with Gasteiger partial charge in [-0.15, -0.1) is 0 Å². The summed E-state index contributed by atoms with van der Waals surface area (Å²) >= 11 is 0. The molecule has 0 radical (unpaired) electrons. The molecular weight excluding hydrogens is 328 g/mol. The molecule has 2 aliphatic heterocycles. The Morgan fingerprint density at radius 3 is 2.62 bits per heavy atom. The van der Waals surface area contributed by atoms with Crippen LogP contribution in [0.2, 0.25) is 0 Å². The lowest BCUT2D eigenvalue weighted by molar-refractivity contribution is -0.136. The molecule has 1 aliphatic carbocycles. The first kappa shape index (κ1) is 17.6. The topological polar surface area (TPSA) is 58.4 Å². The lowest BCUT2D eigenvalue weighted by Gasteiger charge is -2.33. The SMILES string of the molecule is CCn1ccnc1C1CCN(C(=O)C2CC(=O)N(C3CCCC3)C2)CC1. The summed E-state index contributed by atoms with van der Waals surface area (Å²) in [6.45, 7) is 5.29. The highest BCUT2D eigenvalue weighted by atomic mass is 16.2. The average molecular weight is 358 g/mol. The Bertz CT molecular complexity index is 657. The van der Waals surface area contributed by atoms with Crippen molar-refractivity contribution in [2.75, 3.05) is 19.6 Å². The number of likely N-dealkylation sites (tertiary alicyclic amines) is 2. The molecule has 26 heavy (non-hydrogen) atoms. The van der Waals surface area contributed by atoms with Crippen LogP contribution in [-0.2, 0) is 16.1 Å². The number of carbonyl (C=O) groups excluding carboxylic acids is 2. The van der Waals surface area contributed by atoms with Gasteiger partial charge in [0.1, 0.15) is 5.82 Å². The van der Waals surface area contributed by atoms with Gasteiger partial charge in [-0.25, -0.2) is 4.98 Å². The van der Waals surface area contributed by atoms with E-state index in [2.05, 4.69) is 16.5 Å². The summed E-state index contributed by atoms with van der Waals surface area (Å²) < 4.78 is 2.21. The van der Waals surface area contributed by atoms with Gasteiger partial charge in [-0.2, -0.15) is 0 Å². The maximum absolute atomic E-state index is 12.9. The smallest absolute Gasteiger partial charge is 0.227 e. The molecule has 1 atom stereocenters. The van der Waals surface area contributed by atoms with Crippen LogP contribution < -0.4 is 0 Å². The Morgan fingerprint density at radius 1 is 1.19 bits per heavy atom. The third-order valence-corrected chi connectivity index (χ3v) is 6.53. The number of nitrogens with zero attached hydrogens (tertiary/aromatic N) is 4. The van der Waals surface area contributed by atoms with E-state index in [-0.39, 0.29) is 17.7 Å². The van der Waals surface area contributed by atoms with Crippen molar-refractivity contribution in [3.63, 3.8) is 0 Å². The second-order valence-electron chi connectivity index (χ2n) is 8.06. The fourth-order valence-electron chi connectivity index (χ4n) is 5.03. The summed E-state index contributed by atoms with van der Waals surface area (Å²) in [4.78, 5) is 33.9. The molecule has 2 amide bonds. The Kier molecular flexibility index (Phi) is 5.00. The summed E-state index contributed by atoms with van der Waals surface area (Å²) in [7, 11) is 0. The van der Waals surface area contributed by atoms with Crippen molar-refractivity contribution < 1.29 is 9.59 Å². The summed E-state index contributed by atoms with van der Waals surface area (Å²) in [6.07, 6.45) is 10.9. The molecule has 0 bridgehead atoms. The highest BCUT2D eigenvalue weighted by Crippen LogP contribution is 2.32. The van der Waals surface area contributed by atoms with Crippen LogP contribution in [-0.4, -0.2) is 56.8 Å². The largest absolute Gasteiger partial charge is 0.342 e. The fraction of sp³-hybridized carbons (Fsp3) is 0.750. The van der Waals surface area contributed by atoms with E-state index in [9.17, 15) is 9.59 Å². The molecule has 3 fully saturated rings. The van der Waals surface area contributed by atoms with Gasteiger partial charge in [-0.1, -0.05) is 12.8 Å². The van der Waals surface area contributed by atoms with Gasteiger partial charge < -0.3 is 14.4 Å². The number of rotatable bonds is 4. The van der Waals surface area contributed by atoms with Crippen molar-refractivity contribution in [1.82, 2.24) is 19.4 Å². The van der Waals surface area contributed by atoms with Crippen molar-refractivity contribution in [1.29, 1.82) is 0 Å². The molecule has 1 saturated carbocycles. The van der Waals surface area contributed by atoms with Crippen LogP contribution >= 0.6 is 0 Å². The van der Waals surface area contributed by atoms with Gasteiger partial charge in [0.15, 0.2) is 0 Å². The van der Waals surface area contributed by atoms with Gasteiger partial charge in [-0.05, 0) is 32.6 Å². The highest BCUT2D eigenvalue weighted by Gasteiger charge is 2.40. The molecule has 0 spiro atoms. The first-order valence-electron chi connectivity index (χ1n) is 10.3. The minimum absolute atomic E-state index is 0.128. The average Bonchev–Trinajstić information content (AvgIpc) is 3.41. The fourth-order valence-corrected chi connectivity index (χ4v) is 5.03. The van der Waals surface area contributed by atoms with E-state index in [4.69, 9.17) is 0 Å². The highest BCUT2D eigenvalue weighted by molar-refractivity contribution is 5.89. The van der Waals surface area contributed by atoms with Crippen LogP contribution in [0.4, 0.5) is 0 Å². The normalized spacial score (nSPS) is 25.4. The predicted molar refractivity (Wildman–Crippen MR) is 98.5 cm³/mol. The zero-order valence-electron chi connectivity index (χ0n) is 15.8. The second-order valence-corrected chi connectivity index (χ2v) is 8.06. The molecule has 0 aromatic carbocycles. The summed E-state index contributed by atoms with van der Waals surface area (Å²) in [5.41, 5.74) is 0. The molecule has 1 aromatic heterocycles. The molecule has 2 saturated heterocycles. The molecule has 142 valence electrons. The number of hydrogen-bond acceptors (Lipinski definition) is 3. The summed E-state index contributed by atoms with van der Waals surface area (Å²) in [5.74, 6) is 1.85. The van der Waals surface area contributed by atoms with Crippen LogP contribution in [0.5, 0.6) is 0 Å². The molecule has 1 aromatic rings. The minimum atomic E-state index is -0.128. The monoisotopic (exact) mass is 358 g/mol. The quantitative estimate of drug-likeness (QED) is 0.830. The number of piperidine rings is 1. The zero-order valence-corrected chi connectivity index (χ0v) is 15.8. The standard InChI is InChI=1S/C20H30N4O2/c1-2-22-12-9-21-19(22)15-7-10-23(11-8-15)20(26)16-13-18(25)24(14-16)17-5-3-4-6-17/h9,12,15-17H,2-8,10-11,13-14H2,1H3. The number of imidazole rings is 1.